The van der Waals surface area contributed by atoms with Crippen LogP contribution in [0.15, 0.2) is 30.3 Å². The Balaban J connectivity index is 1.34. The summed E-state index contributed by atoms with van der Waals surface area (Å²) in [6, 6.07) is 9.82. The second-order valence-electron chi connectivity index (χ2n) is 8.05. The highest BCUT2D eigenvalue weighted by Gasteiger charge is 2.24. The predicted molar refractivity (Wildman–Crippen MR) is 108 cm³/mol. The van der Waals surface area contributed by atoms with E-state index in [1.165, 1.54) is 37.8 Å². The van der Waals surface area contributed by atoms with Crippen molar-refractivity contribution in [1.82, 2.24) is 20.0 Å². The minimum Gasteiger partial charge on any atom is -0.508 e. The Morgan fingerprint density at radius 1 is 1.14 bits per heavy atom. The predicted octanol–water partition coefficient (Wildman–Crippen LogP) is 2.99. The maximum Gasteiger partial charge on any atom is 0.224 e. The number of nitrogens with zero attached hydrogens (tertiary/aromatic N) is 3. The molecule has 1 aliphatic heterocycles. The lowest BCUT2D eigenvalue weighted by molar-refractivity contribution is -0.120. The minimum atomic E-state index is -0.103. The molecule has 28 heavy (non-hydrogen) atoms. The smallest absolute Gasteiger partial charge is 0.224 e. The lowest BCUT2D eigenvalue weighted by atomic mass is 9.94. The van der Waals surface area contributed by atoms with E-state index in [1.807, 2.05) is 6.07 Å². The molecule has 1 aromatic heterocycles. The third-order valence-electron chi connectivity index (χ3n) is 5.99. The number of para-hydroxylation sites is 1. The first kappa shape index (κ1) is 19.0. The van der Waals surface area contributed by atoms with Gasteiger partial charge in [-0.25, -0.2) is 0 Å². The molecular weight excluding hydrogens is 352 g/mol. The average molecular weight is 383 g/mol. The van der Waals surface area contributed by atoms with Crippen LogP contribution in [-0.2, 0) is 30.8 Å². The van der Waals surface area contributed by atoms with Gasteiger partial charge in [0, 0.05) is 31.2 Å². The van der Waals surface area contributed by atoms with E-state index < -0.39 is 0 Å². The summed E-state index contributed by atoms with van der Waals surface area (Å²) in [5.41, 5.74) is 2.81. The zero-order valence-corrected chi connectivity index (χ0v) is 16.4. The molecule has 2 aromatic rings. The van der Waals surface area contributed by atoms with E-state index in [0.717, 1.165) is 37.8 Å². The summed E-state index contributed by atoms with van der Waals surface area (Å²) in [6.07, 6.45) is 8.04. The van der Waals surface area contributed by atoms with Crippen molar-refractivity contribution in [2.24, 2.45) is 0 Å². The Kier molecular flexibility index (Phi) is 5.95. The molecule has 0 saturated heterocycles. The van der Waals surface area contributed by atoms with Gasteiger partial charge in [0.1, 0.15) is 5.75 Å². The first-order valence-electron chi connectivity index (χ1n) is 10.5. The number of hydrogen-bond acceptors (Lipinski definition) is 4. The van der Waals surface area contributed by atoms with Crippen molar-refractivity contribution >= 4 is 5.91 Å². The number of benzene rings is 1. The van der Waals surface area contributed by atoms with Gasteiger partial charge in [0.15, 0.2) is 0 Å². The van der Waals surface area contributed by atoms with Gasteiger partial charge in [-0.15, -0.1) is 0 Å². The van der Waals surface area contributed by atoms with Crippen molar-refractivity contribution < 1.29 is 9.90 Å². The lowest BCUT2D eigenvalue weighted by Gasteiger charge is -2.33. The number of fused-ring (bicyclic) bond motifs is 1. The molecule has 6 nitrogen and oxygen atoms in total. The van der Waals surface area contributed by atoms with Crippen molar-refractivity contribution in [3.05, 3.63) is 47.3 Å². The Morgan fingerprint density at radius 2 is 1.96 bits per heavy atom. The third kappa shape index (κ3) is 4.55. The summed E-state index contributed by atoms with van der Waals surface area (Å²) in [7, 11) is 0. The highest BCUT2D eigenvalue weighted by molar-refractivity contribution is 5.79. The fourth-order valence-corrected chi connectivity index (χ4v) is 4.48. The molecule has 2 heterocycles. The zero-order valence-electron chi connectivity index (χ0n) is 16.4. The summed E-state index contributed by atoms with van der Waals surface area (Å²) in [5.74, 6) is 0.0580. The standard InChI is InChI=1S/C22H30N4O2/c27-21-10-5-4-7-17(21)13-22(28)23-15-18-14-20-16-25(11-6-12-26(20)24-18)19-8-2-1-3-9-19/h4-5,7,10,14,19,27H,1-3,6,8-9,11-13,15-16H2,(H,23,28). The summed E-state index contributed by atoms with van der Waals surface area (Å²) in [4.78, 5) is 14.9. The van der Waals surface area contributed by atoms with Gasteiger partial charge in [-0.3, -0.25) is 14.4 Å². The van der Waals surface area contributed by atoms with E-state index in [-0.39, 0.29) is 18.1 Å². The molecule has 2 aliphatic rings. The molecule has 1 saturated carbocycles. The van der Waals surface area contributed by atoms with Gasteiger partial charge >= 0.3 is 0 Å². The van der Waals surface area contributed by atoms with Crippen molar-refractivity contribution in [1.29, 1.82) is 0 Å². The van der Waals surface area contributed by atoms with Crippen molar-refractivity contribution in [3.8, 4) is 5.75 Å². The molecule has 0 unspecified atom stereocenters. The largest absolute Gasteiger partial charge is 0.508 e. The Hall–Kier alpha value is -2.34. The van der Waals surface area contributed by atoms with Gasteiger partial charge in [0.05, 0.1) is 24.4 Å². The first-order valence-corrected chi connectivity index (χ1v) is 10.5. The molecule has 150 valence electrons. The Bertz CT molecular complexity index is 811. The van der Waals surface area contributed by atoms with E-state index >= 15 is 0 Å². The molecule has 4 rings (SSSR count). The Labute approximate surface area is 166 Å². The molecule has 0 spiro atoms. The topological polar surface area (TPSA) is 70.4 Å². The molecular formula is C22H30N4O2. The van der Waals surface area contributed by atoms with Crippen LogP contribution in [0.2, 0.25) is 0 Å². The van der Waals surface area contributed by atoms with Crippen LogP contribution in [0.4, 0.5) is 0 Å². The maximum atomic E-state index is 12.2. The number of carbonyl (C=O) groups excluding carboxylic acids is 1. The highest BCUT2D eigenvalue weighted by Crippen LogP contribution is 2.26. The fraction of sp³-hybridized carbons (Fsp3) is 0.545. The van der Waals surface area contributed by atoms with Crippen LogP contribution in [0.3, 0.4) is 0 Å². The van der Waals surface area contributed by atoms with Gasteiger partial charge in [-0.05, 0) is 31.4 Å². The molecule has 2 N–H and O–H groups in total. The van der Waals surface area contributed by atoms with Crippen LogP contribution < -0.4 is 5.32 Å². The maximum absolute atomic E-state index is 12.2. The number of carbonyl (C=O) groups is 1. The highest BCUT2D eigenvalue weighted by atomic mass is 16.3. The van der Waals surface area contributed by atoms with E-state index in [0.29, 0.717) is 12.1 Å². The van der Waals surface area contributed by atoms with Gasteiger partial charge in [-0.1, -0.05) is 37.5 Å². The molecule has 1 fully saturated rings. The van der Waals surface area contributed by atoms with Crippen molar-refractivity contribution in [3.63, 3.8) is 0 Å². The Morgan fingerprint density at radius 3 is 2.79 bits per heavy atom. The van der Waals surface area contributed by atoms with Gasteiger partial charge < -0.3 is 10.4 Å². The fourth-order valence-electron chi connectivity index (χ4n) is 4.48. The number of hydrogen-bond donors (Lipinski definition) is 2. The SMILES string of the molecule is O=C(Cc1ccccc1O)NCc1cc2n(n1)CCCN(C1CCCCC1)C2. The molecule has 1 amide bonds. The van der Waals surface area contributed by atoms with E-state index in [1.54, 1.807) is 18.2 Å². The van der Waals surface area contributed by atoms with E-state index in [9.17, 15) is 9.90 Å². The number of nitrogens with one attached hydrogen (secondary N) is 1. The van der Waals surface area contributed by atoms with E-state index in [2.05, 4.69) is 21.0 Å². The van der Waals surface area contributed by atoms with Gasteiger partial charge in [-0.2, -0.15) is 5.10 Å². The monoisotopic (exact) mass is 382 g/mol. The van der Waals surface area contributed by atoms with Crippen LogP contribution in [0, 0.1) is 0 Å². The second-order valence-corrected chi connectivity index (χ2v) is 8.05. The zero-order chi connectivity index (χ0) is 19.3. The number of phenolic OH excluding ortho intramolecular Hbond substituents is 1. The second kappa shape index (κ2) is 8.78. The summed E-state index contributed by atoms with van der Waals surface area (Å²) < 4.78 is 2.12. The molecule has 6 heteroatoms. The summed E-state index contributed by atoms with van der Waals surface area (Å²) in [5, 5.41) is 17.5. The molecule has 1 aromatic carbocycles. The average Bonchev–Trinajstić information content (AvgIpc) is 2.99. The van der Waals surface area contributed by atoms with Crippen molar-refractivity contribution in [2.45, 2.75) is 70.6 Å². The number of aryl methyl sites for hydroxylation is 1. The van der Waals surface area contributed by atoms with Crippen LogP contribution in [0.5, 0.6) is 5.75 Å². The third-order valence-corrected chi connectivity index (χ3v) is 5.99. The lowest BCUT2D eigenvalue weighted by Crippen LogP contribution is -2.36. The molecule has 0 radical (unpaired) electrons. The number of rotatable bonds is 5. The van der Waals surface area contributed by atoms with Crippen LogP contribution >= 0.6 is 0 Å². The number of phenols is 1. The molecule has 0 atom stereocenters. The number of amides is 1. The van der Waals surface area contributed by atoms with E-state index in [4.69, 9.17) is 5.10 Å². The van der Waals surface area contributed by atoms with Crippen LogP contribution in [0.1, 0.15) is 55.5 Å². The first-order chi connectivity index (χ1) is 13.7. The molecule has 0 bridgehead atoms. The normalized spacial score (nSPS) is 18.4. The quantitative estimate of drug-likeness (QED) is 0.834. The van der Waals surface area contributed by atoms with Crippen molar-refractivity contribution in [2.75, 3.05) is 6.54 Å². The van der Waals surface area contributed by atoms with Crippen LogP contribution in [0.25, 0.3) is 0 Å². The van der Waals surface area contributed by atoms with Gasteiger partial charge in [0.2, 0.25) is 5.91 Å². The van der Waals surface area contributed by atoms with Crippen LogP contribution in [-0.4, -0.2) is 38.3 Å². The number of aromatic nitrogens is 2. The number of aromatic hydroxyl groups is 1. The minimum absolute atomic E-state index is 0.103. The summed E-state index contributed by atoms with van der Waals surface area (Å²) >= 11 is 0. The summed E-state index contributed by atoms with van der Waals surface area (Å²) in [6.45, 7) is 3.49. The van der Waals surface area contributed by atoms with Gasteiger partial charge in [0.25, 0.3) is 0 Å². The molecule has 1 aliphatic carbocycles.